The standard InChI is InChI=1S/C27H30ClF5N6O2/c1-41-25-34-20-16-39(21-5-2-4-19(28)23(21)27(31,32)33)10-7-18(20)24(35-25)38-14-12-37(13-15-38)22(40)6-3-9-36-11-8-26(29,30)17-36/h2-6H,7-17H2,1H3/b6-3+. The molecule has 222 valence electrons. The van der Waals surface area contributed by atoms with Crippen LogP contribution in [0.15, 0.2) is 30.4 Å². The number of alkyl halides is 5. The Hall–Kier alpha value is -3.19. The molecule has 3 aliphatic rings. The first-order valence-electron chi connectivity index (χ1n) is 13.3. The number of aromatic nitrogens is 2. The fourth-order valence-corrected chi connectivity index (χ4v) is 5.79. The maximum Gasteiger partial charge on any atom is 0.419 e. The maximum absolute atomic E-state index is 13.8. The summed E-state index contributed by atoms with van der Waals surface area (Å²) < 4.78 is 73.5. The highest BCUT2D eigenvalue weighted by Gasteiger charge is 2.39. The summed E-state index contributed by atoms with van der Waals surface area (Å²) in [7, 11) is 1.43. The third kappa shape index (κ3) is 6.50. The number of ether oxygens (including phenoxy) is 1. The van der Waals surface area contributed by atoms with E-state index in [1.807, 2.05) is 4.90 Å². The minimum atomic E-state index is -4.61. The summed E-state index contributed by atoms with van der Waals surface area (Å²) in [5.41, 5.74) is 0.521. The van der Waals surface area contributed by atoms with E-state index in [4.69, 9.17) is 16.3 Å². The Morgan fingerprint density at radius 1 is 1.10 bits per heavy atom. The van der Waals surface area contributed by atoms with E-state index < -0.39 is 17.7 Å². The van der Waals surface area contributed by atoms with Crippen molar-refractivity contribution in [3.63, 3.8) is 0 Å². The number of anilines is 2. The molecule has 0 bridgehead atoms. The second-order valence-electron chi connectivity index (χ2n) is 10.3. The highest BCUT2D eigenvalue weighted by Crippen LogP contribution is 2.42. The number of methoxy groups -OCH3 is 1. The Morgan fingerprint density at radius 2 is 1.85 bits per heavy atom. The Bertz CT molecular complexity index is 1320. The van der Waals surface area contributed by atoms with Gasteiger partial charge in [0.05, 0.1) is 42.2 Å². The molecule has 0 saturated carbocycles. The second kappa shape index (κ2) is 11.6. The predicted molar refractivity (Wildman–Crippen MR) is 144 cm³/mol. The summed E-state index contributed by atoms with van der Waals surface area (Å²) in [6.07, 6.45) is -1.31. The van der Waals surface area contributed by atoms with E-state index >= 15 is 0 Å². The number of rotatable bonds is 6. The summed E-state index contributed by atoms with van der Waals surface area (Å²) in [6, 6.07) is 4.24. The topological polar surface area (TPSA) is 65.0 Å². The van der Waals surface area contributed by atoms with Crippen molar-refractivity contribution in [2.24, 2.45) is 0 Å². The van der Waals surface area contributed by atoms with Gasteiger partial charge in [-0.3, -0.25) is 9.69 Å². The van der Waals surface area contributed by atoms with Crippen LogP contribution >= 0.6 is 11.6 Å². The lowest BCUT2D eigenvalue weighted by Gasteiger charge is -2.38. The number of carbonyl (C=O) groups excluding carboxylic acids is 1. The molecule has 0 atom stereocenters. The van der Waals surface area contributed by atoms with E-state index in [0.717, 1.165) is 5.56 Å². The number of amides is 1. The zero-order valence-electron chi connectivity index (χ0n) is 22.4. The molecule has 5 rings (SSSR count). The third-order valence-corrected chi connectivity index (χ3v) is 7.90. The summed E-state index contributed by atoms with van der Waals surface area (Å²) in [6.45, 7) is 2.56. The molecule has 0 aliphatic carbocycles. The molecule has 3 aliphatic heterocycles. The molecule has 0 N–H and O–H groups in total. The van der Waals surface area contributed by atoms with Crippen molar-refractivity contribution in [2.75, 3.05) is 69.3 Å². The van der Waals surface area contributed by atoms with Crippen LogP contribution in [-0.4, -0.2) is 91.1 Å². The van der Waals surface area contributed by atoms with Crippen LogP contribution in [0.3, 0.4) is 0 Å². The number of benzene rings is 1. The zero-order valence-corrected chi connectivity index (χ0v) is 23.2. The SMILES string of the molecule is COc1nc2c(c(N3CCN(C(=O)/C=C/CN4CCC(F)(F)C4)CC3)n1)CCN(c1cccc(Cl)c1C(F)(F)F)C2. The number of carbonyl (C=O) groups is 1. The van der Waals surface area contributed by atoms with Crippen LogP contribution in [0.1, 0.15) is 23.2 Å². The lowest BCUT2D eigenvalue weighted by molar-refractivity contribution is -0.137. The summed E-state index contributed by atoms with van der Waals surface area (Å²) in [4.78, 5) is 28.6. The molecule has 0 unspecified atom stereocenters. The molecular formula is C27H30ClF5N6O2. The van der Waals surface area contributed by atoms with Gasteiger partial charge in [-0.05, 0) is 18.6 Å². The van der Waals surface area contributed by atoms with Gasteiger partial charge in [-0.1, -0.05) is 23.7 Å². The van der Waals surface area contributed by atoms with Crippen LogP contribution in [-0.2, 0) is 23.9 Å². The summed E-state index contributed by atoms with van der Waals surface area (Å²) in [5, 5.41) is -0.360. The van der Waals surface area contributed by atoms with Crippen molar-refractivity contribution in [2.45, 2.75) is 31.5 Å². The Labute approximate surface area is 239 Å². The number of hydrogen-bond donors (Lipinski definition) is 0. The van der Waals surface area contributed by atoms with Crippen molar-refractivity contribution in [1.82, 2.24) is 19.8 Å². The molecule has 2 fully saturated rings. The van der Waals surface area contributed by atoms with E-state index in [1.165, 1.54) is 31.4 Å². The van der Waals surface area contributed by atoms with Crippen molar-refractivity contribution in [3.05, 3.63) is 52.2 Å². The monoisotopic (exact) mass is 600 g/mol. The minimum absolute atomic E-state index is 0.00611. The number of nitrogens with zero attached hydrogens (tertiary/aromatic N) is 6. The first kappa shape index (κ1) is 29.3. The van der Waals surface area contributed by atoms with E-state index in [2.05, 4.69) is 9.97 Å². The number of halogens is 6. The van der Waals surface area contributed by atoms with E-state index in [1.54, 1.807) is 20.8 Å². The van der Waals surface area contributed by atoms with Gasteiger partial charge in [0.25, 0.3) is 5.92 Å². The van der Waals surface area contributed by atoms with Gasteiger partial charge >= 0.3 is 12.2 Å². The first-order chi connectivity index (χ1) is 19.4. The Balaban J connectivity index is 1.26. The van der Waals surface area contributed by atoms with Gasteiger partial charge in [-0.2, -0.15) is 23.1 Å². The average molecular weight is 601 g/mol. The van der Waals surface area contributed by atoms with E-state index in [9.17, 15) is 26.7 Å². The van der Waals surface area contributed by atoms with Crippen LogP contribution in [0.25, 0.3) is 0 Å². The molecule has 14 heteroatoms. The number of likely N-dealkylation sites (tertiary alicyclic amines) is 1. The van der Waals surface area contributed by atoms with Gasteiger partial charge < -0.3 is 19.4 Å². The smallest absolute Gasteiger partial charge is 0.419 e. The molecule has 0 radical (unpaired) electrons. The fraction of sp³-hybridized carbons (Fsp3) is 0.519. The normalized spacial score (nSPS) is 19.6. The summed E-state index contributed by atoms with van der Waals surface area (Å²) in [5.74, 6) is -2.21. The number of piperazine rings is 1. The molecule has 41 heavy (non-hydrogen) atoms. The van der Waals surface area contributed by atoms with E-state index in [0.29, 0.717) is 63.7 Å². The van der Waals surface area contributed by atoms with Crippen molar-refractivity contribution >= 4 is 29.0 Å². The van der Waals surface area contributed by atoms with Gasteiger partial charge in [0.1, 0.15) is 5.82 Å². The molecule has 2 saturated heterocycles. The molecule has 0 spiro atoms. The van der Waals surface area contributed by atoms with Gasteiger partial charge in [0.2, 0.25) is 5.91 Å². The van der Waals surface area contributed by atoms with Crippen LogP contribution in [0.5, 0.6) is 6.01 Å². The quantitative estimate of drug-likeness (QED) is 0.363. The summed E-state index contributed by atoms with van der Waals surface area (Å²) >= 11 is 5.95. The molecule has 8 nitrogen and oxygen atoms in total. The van der Waals surface area contributed by atoms with Gasteiger partial charge in [-0.15, -0.1) is 0 Å². The van der Waals surface area contributed by atoms with Crippen molar-refractivity contribution in [3.8, 4) is 6.01 Å². The van der Waals surface area contributed by atoms with E-state index in [-0.39, 0.29) is 42.1 Å². The number of fused-ring (bicyclic) bond motifs is 1. The zero-order chi connectivity index (χ0) is 29.4. The van der Waals surface area contributed by atoms with Crippen LogP contribution in [0.4, 0.5) is 33.5 Å². The largest absolute Gasteiger partial charge is 0.467 e. The van der Waals surface area contributed by atoms with Crippen molar-refractivity contribution in [1.29, 1.82) is 0 Å². The second-order valence-corrected chi connectivity index (χ2v) is 10.7. The molecule has 1 aromatic heterocycles. The van der Waals surface area contributed by atoms with Gasteiger partial charge in [0.15, 0.2) is 0 Å². The third-order valence-electron chi connectivity index (χ3n) is 7.58. The van der Waals surface area contributed by atoms with Gasteiger partial charge in [0, 0.05) is 63.9 Å². The lowest BCUT2D eigenvalue weighted by atomic mass is 10.0. The maximum atomic E-state index is 13.8. The minimum Gasteiger partial charge on any atom is -0.467 e. The van der Waals surface area contributed by atoms with Crippen LogP contribution in [0.2, 0.25) is 5.02 Å². The molecule has 1 amide bonds. The Morgan fingerprint density at radius 3 is 2.51 bits per heavy atom. The fourth-order valence-electron chi connectivity index (χ4n) is 5.51. The molecular weight excluding hydrogens is 571 g/mol. The first-order valence-corrected chi connectivity index (χ1v) is 13.7. The Kier molecular flexibility index (Phi) is 8.29. The van der Waals surface area contributed by atoms with Crippen LogP contribution < -0.4 is 14.5 Å². The highest BCUT2D eigenvalue weighted by atomic mass is 35.5. The molecule has 1 aromatic carbocycles. The highest BCUT2D eigenvalue weighted by molar-refractivity contribution is 6.31. The predicted octanol–water partition coefficient (Wildman–Crippen LogP) is 4.27. The van der Waals surface area contributed by atoms with Crippen LogP contribution in [0, 0.1) is 0 Å². The molecule has 4 heterocycles. The van der Waals surface area contributed by atoms with Crippen molar-refractivity contribution < 1.29 is 31.5 Å². The van der Waals surface area contributed by atoms with Gasteiger partial charge in [-0.25, -0.2) is 8.78 Å². The average Bonchev–Trinajstić information content (AvgIpc) is 3.29. The lowest BCUT2D eigenvalue weighted by Crippen LogP contribution is -2.49. The molecule has 2 aromatic rings. The number of hydrogen-bond acceptors (Lipinski definition) is 7.